The number of aliphatic hydroxyl groups excluding tert-OH is 1. The summed E-state index contributed by atoms with van der Waals surface area (Å²) in [6, 6.07) is 4.88. The molecule has 0 amide bonds. The Kier molecular flexibility index (Phi) is 5.14. The van der Waals surface area contributed by atoms with Gasteiger partial charge in [0.2, 0.25) is 0 Å². The maximum atomic E-state index is 14.1. The van der Waals surface area contributed by atoms with Crippen molar-refractivity contribution in [1.29, 1.82) is 5.26 Å². The van der Waals surface area contributed by atoms with Crippen molar-refractivity contribution >= 4 is 28.2 Å². The Balaban J connectivity index is 2.07. The van der Waals surface area contributed by atoms with Gasteiger partial charge < -0.3 is 14.7 Å². The van der Waals surface area contributed by atoms with E-state index in [0.29, 0.717) is 28.2 Å². The predicted octanol–water partition coefficient (Wildman–Crippen LogP) is 2.88. The smallest absolute Gasteiger partial charge is 0.149 e. The lowest BCUT2D eigenvalue weighted by atomic mass is 10.0. The van der Waals surface area contributed by atoms with Gasteiger partial charge >= 0.3 is 0 Å². The summed E-state index contributed by atoms with van der Waals surface area (Å²) in [6.07, 6.45) is 3.09. The van der Waals surface area contributed by atoms with Gasteiger partial charge in [0.25, 0.3) is 0 Å². The van der Waals surface area contributed by atoms with Crippen LogP contribution in [0.5, 0.6) is 0 Å². The summed E-state index contributed by atoms with van der Waals surface area (Å²) in [5.74, 6) is -0.467. The van der Waals surface area contributed by atoms with E-state index in [1.54, 1.807) is 0 Å². The van der Waals surface area contributed by atoms with Gasteiger partial charge in [0.1, 0.15) is 17.4 Å². The van der Waals surface area contributed by atoms with E-state index >= 15 is 0 Å². The van der Waals surface area contributed by atoms with Gasteiger partial charge in [0.05, 0.1) is 35.6 Å². The minimum absolute atomic E-state index is 0.0326. The Hall–Kier alpha value is -1.94. The lowest BCUT2D eigenvalue weighted by molar-refractivity contribution is 0.0215. The molecule has 0 bridgehead atoms. The van der Waals surface area contributed by atoms with E-state index in [4.69, 9.17) is 21.4 Å². The summed E-state index contributed by atoms with van der Waals surface area (Å²) in [6.45, 7) is 1.52. The molecule has 0 spiro atoms. The number of pyridine rings is 1. The van der Waals surface area contributed by atoms with E-state index in [0.717, 1.165) is 19.4 Å². The van der Waals surface area contributed by atoms with E-state index < -0.39 is 5.82 Å². The Labute approximate surface area is 144 Å². The molecule has 1 fully saturated rings. The molecule has 7 heteroatoms. The van der Waals surface area contributed by atoms with Crippen molar-refractivity contribution in [3.63, 3.8) is 0 Å². The zero-order valence-corrected chi connectivity index (χ0v) is 13.8. The molecule has 2 aromatic rings. The molecule has 1 atom stereocenters. The molecule has 5 nitrogen and oxygen atoms in total. The normalized spacial score (nSPS) is 17.9. The lowest BCUT2D eigenvalue weighted by Gasteiger charge is -2.35. The molecule has 0 aliphatic carbocycles. The van der Waals surface area contributed by atoms with Crippen LogP contribution in [-0.4, -0.2) is 42.5 Å². The number of piperidine rings is 1. The molecule has 0 saturated carbocycles. The minimum Gasteiger partial charge on any atom is -0.394 e. The molecular formula is C17H17ClFN3O2. The summed E-state index contributed by atoms with van der Waals surface area (Å²) in [5.41, 5.74) is 1.12. The van der Waals surface area contributed by atoms with E-state index in [2.05, 4.69) is 11.1 Å². The zero-order valence-electron chi connectivity index (χ0n) is 13.0. The quantitative estimate of drug-likeness (QED) is 0.919. The number of halogens is 2. The van der Waals surface area contributed by atoms with Crippen LogP contribution in [0.3, 0.4) is 0 Å². The Morgan fingerprint density at radius 3 is 3.08 bits per heavy atom. The number of hydrogen-bond donors (Lipinski definition) is 1. The Bertz CT molecular complexity index is 793. The number of ether oxygens (including phenoxy) is 1. The first-order chi connectivity index (χ1) is 11.7. The highest BCUT2D eigenvalue weighted by Crippen LogP contribution is 2.37. The fourth-order valence-electron chi connectivity index (χ4n) is 3.12. The first-order valence-electron chi connectivity index (χ1n) is 7.80. The third kappa shape index (κ3) is 3.16. The van der Waals surface area contributed by atoms with Crippen molar-refractivity contribution in [3.8, 4) is 6.07 Å². The molecule has 3 rings (SSSR count). The number of hydrogen-bond acceptors (Lipinski definition) is 5. The van der Waals surface area contributed by atoms with Crippen LogP contribution in [-0.2, 0) is 4.74 Å². The van der Waals surface area contributed by atoms with Crippen LogP contribution in [0.2, 0.25) is 5.02 Å². The highest BCUT2D eigenvalue weighted by atomic mass is 35.5. The second-order valence-electron chi connectivity index (χ2n) is 5.69. The molecule has 24 heavy (non-hydrogen) atoms. The third-order valence-electron chi connectivity index (χ3n) is 4.15. The van der Waals surface area contributed by atoms with Gasteiger partial charge in [-0.3, -0.25) is 4.98 Å². The highest BCUT2D eigenvalue weighted by Gasteiger charge is 2.26. The number of aromatic nitrogens is 1. The molecule has 1 N–H and O–H groups in total. The molecule has 1 saturated heterocycles. The average Bonchev–Trinajstić information content (AvgIpc) is 2.62. The van der Waals surface area contributed by atoms with Crippen molar-refractivity contribution in [2.45, 2.75) is 18.9 Å². The number of anilines is 1. The first-order valence-corrected chi connectivity index (χ1v) is 8.17. The van der Waals surface area contributed by atoms with Crippen molar-refractivity contribution in [2.24, 2.45) is 0 Å². The van der Waals surface area contributed by atoms with Crippen molar-refractivity contribution in [1.82, 2.24) is 4.98 Å². The summed E-state index contributed by atoms with van der Waals surface area (Å²) < 4.78 is 19.7. The Morgan fingerprint density at radius 2 is 2.33 bits per heavy atom. The van der Waals surface area contributed by atoms with Crippen molar-refractivity contribution < 1.29 is 14.2 Å². The largest absolute Gasteiger partial charge is 0.394 e. The standard InChI is InChI=1S/C17H17ClFN3O2/c18-13-3-4-14(19)16-15(13)17(11(8-20)9-21-16)22-5-1-2-12(10-22)24-7-6-23/h3-4,9,12,23H,1-2,5-7,10H2. The second kappa shape index (κ2) is 7.31. The number of nitriles is 1. The average molecular weight is 350 g/mol. The zero-order chi connectivity index (χ0) is 17.1. The number of benzene rings is 1. The third-order valence-corrected chi connectivity index (χ3v) is 4.47. The topological polar surface area (TPSA) is 69.4 Å². The van der Waals surface area contributed by atoms with Gasteiger partial charge in [0.15, 0.2) is 0 Å². The van der Waals surface area contributed by atoms with E-state index in [1.807, 2.05) is 4.90 Å². The van der Waals surface area contributed by atoms with Crippen LogP contribution in [0.25, 0.3) is 10.9 Å². The predicted molar refractivity (Wildman–Crippen MR) is 89.7 cm³/mol. The maximum absolute atomic E-state index is 14.1. The van der Waals surface area contributed by atoms with Crippen LogP contribution in [0.1, 0.15) is 18.4 Å². The second-order valence-corrected chi connectivity index (χ2v) is 6.10. The number of rotatable bonds is 4. The fourth-order valence-corrected chi connectivity index (χ4v) is 3.37. The monoisotopic (exact) mass is 349 g/mol. The van der Waals surface area contributed by atoms with Gasteiger partial charge in [-0.15, -0.1) is 0 Å². The van der Waals surface area contributed by atoms with E-state index in [1.165, 1.54) is 18.3 Å². The Morgan fingerprint density at radius 1 is 1.50 bits per heavy atom. The van der Waals surface area contributed by atoms with Gasteiger partial charge in [0, 0.05) is 24.7 Å². The van der Waals surface area contributed by atoms with Crippen molar-refractivity contribution in [3.05, 3.63) is 34.7 Å². The van der Waals surface area contributed by atoms with Gasteiger partial charge in [-0.1, -0.05) is 11.6 Å². The molecular weight excluding hydrogens is 333 g/mol. The van der Waals surface area contributed by atoms with Gasteiger partial charge in [-0.2, -0.15) is 5.26 Å². The molecule has 2 heterocycles. The molecule has 1 aliphatic rings. The SMILES string of the molecule is N#Cc1cnc2c(F)ccc(Cl)c2c1N1CCCC(OCCO)C1. The number of nitrogens with zero attached hydrogens (tertiary/aromatic N) is 3. The lowest BCUT2D eigenvalue weighted by Crippen LogP contribution is -2.40. The van der Waals surface area contributed by atoms with Crippen LogP contribution in [0.4, 0.5) is 10.1 Å². The molecule has 126 valence electrons. The molecule has 1 unspecified atom stereocenters. The maximum Gasteiger partial charge on any atom is 0.149 e. The summed E-state index contributed by atoms with van der Waals surface area (Å²) in [7, 11) is 0. The number of fused-ring (bicyclic) bond motifs is 1. The number of aliphatic hydroxyl groups is 1. The molecule has 1 aliphatic heterocycles. The molecule has 1 aromatic heterocycles. The van der Waals surface area contributed by atoms with E-state index in [-0.39, 0.29) is 24.8 Å². The molecule has 1 aromatic carbocycles. The first kappa shape index (κ1) is 16.9. The summed E-state index contributed by atoms with van der Waals surface area (Å²) in [4.78, 5) is 6.06. The van der Waals surface area contributed by atoms with Crippen molar-refractivity contribution in [2.75, 3.05) is 31.2 Å². The highest BCUT2D eigenvalue weighted by molar-refractivity contribution is 6.36. The van der Waals surface area contributed by atoms with Crippen LogP contribution < -0.4 is 4.90 Å². The summed E-state index contributed by atoms with van der Waals surface area (Å²) in [5, 5.41) is 19.2. The van der Waals surface area contributed by atoms with Gasteiger partial charge in [-0.25, -0.2) is 4.39 Å². The minimum atomic E-state index is -0.467. The van der Waals surface area contributed by atoms with Crippen LogP contribution in [0.15, 0.2) is 18.3 Å². The molecule has 0 radical (unpaired) electrons. The summed E-state index contributed by atoms with van der Waals surface area (Å²) >= 11 is 6.30. The van der Waals surface area contributed by atoms with Crippen LogP contribution >= 0.6 is 11.6 Å². The fraction of sp³-hybridized carbons (Fsp3) is 0.412. The van der Waals surface area contributed by atoms with E-state index in [9.17, 15) is 9.65 Å². The van der Waals surface area contributed by atoms with Crippen LogP contribution in [0, 0.1) is 17.1 Å². The van der Waals surface area contributed by atoms with Gasteiger partial charge in [-0.05, 0) is 25.0 Å².